The van der Waals surface area contributed by atoms with Gasteiger partial charge in [-0.3, -0.25) is 0 Å². The van der Waals surface area contributed by atoms with Gasteiger partial charge in [-0.15, -0.1) is 10.2 Å². The molecule has 2 heterocycles. The molecule has 7 heteroatoms. The van der Waals surface area contributed by atoms with Gasteiger partial charge in [0.1, 0.15) is 7.05 Å². The number of hydrogen-bond donors (Lipinski definition) is 0. The molecular formula is C24H27ClN2O4. The van der Waals surface area contributed by atoms with Gasteiger partial charge >= 0.3 is 0 Å². The summed E-state index contributed by atoms with van der Waals surface area (Å²) in [4.78, 5) is 2.40. The zero-order valence-corrected chi connectivity index (χ0v) is 19.1. The predicted octanol–water partition coefficient (Wildman–Crippen LogP) is 0.195. The minimum Gasteiger partial charge on any atom is -0.371 e. The van der Waals surface area contributed by atoms with Crippen molar-refractivity contribution in [1.82, 2.24) is 0 Å². The van der Waals surface area contributed by atoms with Crippen LogP contribution in [0.15, 0.2) is 54.6 Å². The molecular weight excluding hydrogens is 416 g/mol. The number of aromatic nitrogens is 1. The molecule has 3 aromatic rings. The van der Waals surface area contributed by atoms with Crippen LogP contribution in [0, 0.1) is 10.2 Å². The Morgan fingerprint density at radius 1 is 0.968 bits per heavy atom. The summed E-state index contributed by atoms with van der Waals surface area (Å²) in [6.45, 7) is 7.00. The molecule has 0 saturated heterocycles. The van der Waals surface area contributed by atoms with E-state index in [1.807, 2.05) is 0 Å². The van der Waals surface area contributed by atoms with Crippen LogP contribution in [0.25, 0.3) is 23.1 Å². The summed E-state index contributed by atoms with van der Waals surface area (Å²) in [5, 5.41) is 1.27. The third-order valence-corrected chi connectivity index (χ3v) is 6.29. The summed E-state index contributed by atoms with van der Waals surface area (Å²) in [5.74, 6) is 0. The van der Waals surface area contributed by atoms with E-state index >= 15 is 0 Å². The lowest BCUT2D eigenvalue weighted by atomic mass is 9.81. The van der Waals surface area contributed by atoms with Gasteiger partial charge in [-0.1, -0.05) is 32.0 Å². The van der Waals surface area contributed by atoms with Crippen LogP contribution in [0.5, 0.6) is 0 Å². The number of halogens is 1. The third-order valence-electron chi connectivity index (χ3n) is 6.29. The fourth-order valence-corrected chi connectivity index (χ4v) is 4.11. The maximum atomic E-state index is 8.49. The maximum Gasteiger partial charge on any atom is 0.212 e. The van der Waals surface area contributed by atoms with Crippen LogP contribution in [0.3, 0.4) is 0 Å². The Hall–Kier alpha value is -2.48. The molecule has 1 unspecified atom stereocenters. The number of anilines is 1. The van der Waals surface area contributed by atoms with Crippen molar-refractivity contribution >= 4 is 28.7 Å². The summed E-state index contributed by atoms with van der Waals surface area (Å²) in [6.07, 6.45) is 4.44. The molecule has 0 N–H and O–H groups in total. The van der Waals surface area contributed by atoms with Crippen LogP contribution in [0.4, 0.5) is 5.69 Å². The molecule has 1 aromatic heterocycles. The van der Waals surface area contributed by atoms with Crippen LogP contribution in [-0.2, 0) is 12.5 Å². The summed E-state index contributed by atoms with van der Waals surface area (Å²) < 4.78 is 36.2. The van der Waals surface area contributed by atoms with E-state index in [0.29, 0.717) is 6.04 Å². The van der Waals surface area contributed by atoms with E-state index in [0.717, 1.165) is 0 Å². The first-order valence-electron chi connectivity index (χ1n) is 9.94. The number of rotatable bonds is 2. The van der Waals surface area contributed by atoms with Gasteiger partial charge in [0.05, 0.1) is 0 Å². The monoisotopic (exact) mass is 442 g/mol. The Balaban J connectivity index is 0.000000491. The fourth-order valence-electron chi connectivity index (χ4n) is 4.11. The first-order valence-corrected chi connectivity index (χ1v) is 11.2. The molecule has 0 fully saturated rings. The fraction of sp³-hybridized carbons (Fsp3) is 0.292. The molecule has 2 aromatic carbocycles. The van der Waals surface area contributed by atoms with Crippen LogP contribution >= 0.6 is 0 Å². The van der Waals surface area contributed by atoms with Crippen LogP contribution < -0.4 is 28.1 Å². The standard InChI is InChI=1S/C24H27N2.ClHO4/c1-17-24(2,3)21-16-18(11-15-23(21)25(17)4)10-13-20-14-12-19-8-6-7-9-22(19)26(20)5;2-1(3,4)5/h6-17H,1-5H3;(H,2,3,4,5)/q+1;/p-1. The lowest BCUT2D eigenvalue weighted by Gasteiger charge is -2.28. The quantitative estimate of drug-likeness (QED) is 0.528. The normalized spacial score (nSPS) is 17.6. The smallest absolute Gasteiger partial charge is 0.212 e. The van der Waals surface area contributed by atoms with E-state index in [1.165, 1.54) is 33.4 Å². The number of pyridine rings is 1. The van der Waals surface area contributed by atoms with Gasteiger partial charge in [0.15, 0.2) is 0 Å². The van der Waals surface area contributed by atoms with E-state index in [1.54, 1.807) is 0 Å². The molecule has 31 heavy (non-hydrogen) atoms. The van der Waals surface area contributed by atoms with Gasteiger partial charge in [-0.25, -0.2) is 18.6 Å². The number of hydrogen-bond acceptors (Lipinski definition) is 5. The van der Waals surface area contributed by atoms with Gasteiger partial charge in [0.2, 0.25) is 11.2 Å². The van der Waals surface area contributed by atoms with Gasteiger partial charge in [-0.05, 0) is 48.4 Å². The van der Waals surface area contributed by atoms with Crippen molar-refractivity contribution in [1.29, 1.82) is 0 Å². The van der Waals surface area contributed by atoms with E-state index in [9.17, 15) is 0 Å². The lowest BCUT2D eigenvalue weighted by Crippen LogP contribution is -2.68. The number of para-hydroxylation sites is 1. The van der Waals surface area contributed by atoms with Gasteiger partial charge in [-0.2, -0.15) is 4.57 Å². The molecule has 0 aliphatic carbocycles. The molecule has 0 amide bonds. The van der Waals surface area contributed by atoms with Gasteiger partial charge < -0.3 is 4.90 Å². The van der Waals surface area contributed by atoms with Crippen molar-refractivity contribution in [2.24, 2.45) is 7.05 Å². The van der Waals surface area contributed by atoms with E-state index in [4.69, 9.17) is 18.6 Å². The number of fused-ring (bicyclic) bond motifs is 2. The van der Waals surface area contributed by atoms with Gasteiger partial charge in [0, 0.05) is 47.8 Å². The Bertz CT molecular complexity index is 1120. The van der Waals surface area contributed by atoms with Gasteiger partial charge in [0.25, 0.3) is 0 Å². The summed E-state index contributed by atoms with van der Waals surface area (Å²) >= 11 is 0. The highest BCUT2D eigenvalue weighted by atomic mass is 35.7. The van der Waals surface area contributed by atoms with Crippen molar-refractivity contribution in [2.45, 2.75) is 32.2 Å². The molecule has 164 valence electrons. The zero-order valence-electron chi connectivity index (χ0n) is 18.3. The van der Waals surface area contributed by atoms with Crippen LogP contribution in [0.2, 0.25) is 0 Å². The molecule has 0 saturated carbocycles. The molecule has 1 aliphatic heterocycles. The minimum atomic E-state index is -4.94. The topological polar surface area (TPSA) is 99.4 Å². The predicted molar refractivity (Wildman–Crippen MR) is 111 cm³/mol. The first kappa shape index (κ1) is 23.2. The number of nitrogens with zero attached hydrogens (tertiary/aromatic N) is 2. The lowest BCUT2D eigenvalue weighted by molar-refractivity contribution is -2.00. The highest BCUT2D eigenvalue weighted by Crippen LogP contribution is 2.44. The largest absolute Gasteiger partial charge is 0.371 e. The molecule has 0 radical (unpaired) electrons. The summed E-state index contributed by atoms with van der Waals surface area (Å²) in [7, 11) is -0.618. The average Bonchev–Trinajstić information content (AvgIpc) is 2.87. The highest BCUT2D eigenvalue weighted by Gasteiger charge is 2.39. The zero-order chi connectivity index (χ0) is 23.0. The molecule has 4 rings (SSSR count). The Morgan fingerprint density at radius 3 is 2.29 bits per heavy atom. The molecule has 1 aliphatic rings. The SMILES string of the molecule is CC1N(C)c2ccc(/C=C/c3ccc4ccccc4[n+]3C)cc2C1(C)C.[O-][Cl+3]([O-])([O-])[O-]. The minimum absolute atomic E-state index is 0.168. The van der Waals surface area contributed by atoms with Crippen molar-refractivity contribution in [3.63, 3.8) is 0 Å². The number of benzene rings is 2. The van der Waals surface area contributed by atoms with Crippen molar-refractivity contribution in [2.75, 3.05) is 11.9 Å². The van der Waals surface area contributed by atoms with Crippen molar-refractivity contribution in [3.05, 3.63) is 71.4 Å². The second-order valence-corrected chi connectivity index (χ2v) is 9.13. The van der Waals surface area contributed by atoms with E-state index in [-0.39, 0.29) is 5.41 Å². The molecule has 6 nitrogen and oxygen atoms in total. The second-order valence-electron chi connectivity index (χ2n) is 8.37. The third kappa shape index (κ3) is 5.06. The summed E-state index contributed by atoms with van der Waals surface area (Å²) in [6, 6.07) is 20.2. The molecule has 0 spiro atoms. The Kier molecular flexibility index (Phi) is 6.41. The Labute approximate surface area is 185 Å². The van der Waals surface area contributed by atoms with E-state index < -0.39 is 10.2 Å². The molecule has 0 bridgehead atoms. The highest BCUT2D eigenvalue weighted by molar-refractivity contribution is 5.78. The van der Waals surface area contributed by atoms with Crippen LogP contribution in [-0.4, -0.2) is 13.1 Å². The first-order chi connectivity index (χ1) is 14.4. The molecule has 1 atom stereocenters. The number of aryl methyl sites for hydroxylation is 1. The van der Waals surface area contributed by atoms with Crippen molar-refractivity contribution in [3.8, 4) is 0 Å². The van der Waals surface area contributed by atoms with Crippen LogP contribution in [0.1, 0.15) is 37.6 Å². The summed E-state index contributed by atoms with van der Waals surface area (Å²) in [5.41, 5.74) is 6.68. The second kappa shape index (κ2) is 8.57. The number of likely N-dealkylation sites (N-methyl/N-ethyl adjacent to an activating group) is 1. The maximum absolute atomic E-state index is 8.49. The van der Waals surface area contributed by atoms with E-state index in [2.05, 4.69) is 111 Å². The Morgan fingerprint density at radius 2 is 1.61 bits per heavy atom. The van der Waals surface area contributed by atoms with Crippen molar-refractivity contribution < 1.29 is 33.4 Å². The average molecular weight is 443 g/mol.